The number of aromatic nitrogens is 3. The molecular weight excluding hydrogens is 673 g/mol. The second-order valence-corrected chi connectivity index (χ2v) is 12.9. The first kappa shape index (κ1) is 36.0. The molecule has 4 amide bonds. The quantitative estimate of drug-likeness (QED) is 0.318. The highest BCUT2D eigenvalue weighted by molar-refractivity contribution is 6.01. The Morgan fingerprint density at radius 3 is 2.58 bits per heavy atom. The standard InChI is InChI=1S/C37H40FN7O7/c1-42(12-10-23-8-6-5-7-9-23)34(47)25-16-26-18-29(17-25)52-28-15-24(14-27(38)19-28)22-51-31-11-13-45(36(49)33-40-37(50-4)44(3)41-33)20-30(31)39-32(46)21-43(2)35(26)48/h5-9,14-19,30-31H,10-13,20-22H2,1-4H3,(H,39,46)/t30-,31+/m1/s1. The number of ether oxygens (including phenoxy) is 3. The molecule has 1 N–H and O–H groups in total. The smallest absolute Gasteiger partial charge is 0.314 e. The number of methoxy groups -OCH3 is 1. The minimum absolute atomic E-state index is 0.0214. The van der Waals surface area contributed by atoms with Gasteiger partial charge >= 0.3 is 6.01 Å². The number of benzene rings is 3. The predicted octanol–water partition coefficient (Wildman–Crippen LogP) is 3.07. The summed E-state index contributed by atoms with van der Waals surface area (Å²) in [6.45, 7) is 0.416. The molecule has 0 spiro atoms. The molecule has 0 unspecified atom stereocenters. The third-order valence-corrected chi connectivity index (χ3v) is 8.96. The van der Waals surface area contributed by atoms with Crippen molar-refractivity contribution in [2.24, 2.45) is 7.05 Å². The maximum Gasteiger partial charge on any atom is 0.314 e. The number of fused-ring (bicyclic) bond motifs is 5. The SMILES string of the molecule is COc1nc(C(=O)N2CC[C@@H]3OCc4cc(F)cc(c4)Oc4cc(C(=O)N(C)CCc5ccccc5)cc(c4)C(=O)N(C)CC(=O)N[C@@H]3C2)nn1C. The number of carbonyl (C=O) groups excluding carboxylic acids is 4. The molecule has 0 aliphatic carbocycles. The average Bonchev–Trinajstić information content (AvgIpc) is 3.52. The van der Waals surface area contributed by atoms with E-state index in [2.05, 4.69) is 15.4 Å². The summed E-state index contributed by atoms with van der Waals surface area (Å²) in [6.07, 6.45) is 0.412. The second kappa shape index (κ2) is 15.6. The normalized spacial score (nSPS) is 17.9. The highest BCUT2D eigenvalue weighted by atomic mass is 19.1. The van der Waals surface area contributed by atoms with Crippen molar-refractivity contribution < 1.29 is 37.8 Å². The molecule has 52 heavy (non-hydrogen) atoms. The summed E-state index contributed by atoms with van der Waals surface area (Å²) in [6, 6.07) is 17.8. The van der Waals surface area contributed by atoms with Gasteiger partial charge in [0.2, 0.25) is 11.7 Å². The van der Waals surface area contributed by atoms with E-state index in [4.69, 9.17) is 14.2 Å². The summed E-state index contributed by atoms with van der Waals surface area (Å²) >= 11 is 0. The van der Waals surface area contributed by atoms with E-state index in [-0.39, 0.29) is 66.6 Å². The number of aryl methyl sites for hydroxylation is 1. The minimum Gasteiger partial charge on any atom is -0.467 e. The number of rotatable bonds is 6. The van der Waals surface area contributed by atoms with E-state index in [1.165, 1.54) is 59.0 Å². The summed E-state index contributed by atoms with van der Waals surface area (Å²) in [5.74, 6) is -2.19. The first-order valence-corrected chi connectivity index (χ1v) is 16.8. The summed E-state index contributed by atoms with van der Waals surface area (Å²) in [4.78, 5) is 62.6. The molecule has 2 atom stereocenters. The van der Waals surface area contributed by atoms with E-state index in [1.54, 1.807) is 25.1 Å². The van der Waals surface area contributed by atoms with Gasteiger partial charge in [0, 0.05) is 58.0 Å². The number of nitrogens with zero attached hydrogens (tertiary/aromatic N) is 6. The number of carbonyl (C=O) groups is 4. The van der Waals surface area contributed by atoms with Gasteiger partial charge in [-0.2, -0.15) is 4.98 Å². The maximum absolute atomic E-state index is 14.9. The summed E-state index contributed by atoms with van der Waals surface area (Å²) < 4.78 is 33.7. The Kier molecular flexibility index (Phi) is 10.8. The first-order chi connectivity index (χ1) is 25.0. The summed E-state index contributed by atoms with van der Waals surface area (Å²) in [7, 11) is 6.17. The Balaban J connectivity index is 1.26. The van der Waals surface area contributed by atoms with Crippen LogP contribution in [0.1, 0.15) is 48.9 Å². The molecule has 6 rings (SSSR count). The molecule has 272 valence electrons. The fourth-order valence-electron chi connectivity index (χ4n) is 6.26. The van der Waals surface area contributed by atoms with Crippen LogP contribution in [0.25, 0.3) is 0 Å². The number of hydrogen-bond donors (Lipinski definition) is 1. The largest absolute Gasteiger partial charge is 0.467 e. The van der Waals surface area contributed by atoms with E-state index >= 15 is 0 Å². The van der Waals surface area contributed by atoms with Crippen LogP contribution in [0.3, 0.4) is 0 Å². The van der Waals surface area contributed by atoms with Crippen molar-refractivity contribution in [1.82, 2.24) is 34.8 Å². The molecule has 3 heterocycles. The number of hydrogen-bond acceptors (Lipinski definition) is 9. The van der Waals surface area contributed by atoms with Gasteiger partial charge in [0.15, 0.2) is 0 Å². The molecule has 2 aliphatic rings. The number of likely N-dealkylation sites (N-methyl/N-ethyl adjacent to an activating group) is 2. The third kappa shape index (κ3) is 8.37. The van der Waals surface area contributed by atoms with E-state index < -0.39 is 35.7 Å². The van der Waals surface area contributed by atoms with Gasteiger partial charge < -0.3 is 34.2 Å². The maximum atomic E-state index is 14.9. The van der Waals surface area contributed by atoms with Crippen LogP contribution in [0.4, 0.5) is 4.39 Å². The van der Waals surface area contributed by atoms with Crippen LogP contribution in [0.2, 0.25) is 0 Å². The molecule has 0 radical (unpaired) electrons. The van der Waals surface area contributed by atoms with Gasteiger partial charge in [-0.1, -0.05) is 30.3 Å². The predicted molar refractivity (Wildman–Crippen MR) is 186 cm³/mol. The van der Waals surface area contributed by atoms with Crippen molar-refractivity contribution in [2.45, 2.75) is 31.6 Å². The zero-order valence-electron chi connectivity index (χ0n) is 29.4. The molecule has 1 fully saturated rings. The van der Waals surface area contributed by atoms with Crippen LogP contribution in [0.15, 0.2) is 66.7 Å². The van der Waals surface area contributed by atoms with Crippen molar-refractivity contribution in [3.8, 4) is 17.5 Å². The Hall–Kier alpha value is -5.83. The van der Waals surface area contributed by atoms with Crippen molar-refractivity contribution >= 4 is 23.6 Å². The third-order valence-electron chi connectivity index (χ3n) is 8.96. The van der Waals surface area contributed by atoms with E-state index in [0.717, 1.165) is 5.56 Å². The van der Waals surface area contributed by atoms with Gasteiger partial charge in [-0.25, -0.2) is 9.07 Å². The van der Waals surface area contributed by atoms with E-state index in [9.17, 15) is 23.6 Å². The topological polar surface area (TPSA) is 148 Å². The fourth-order valence-corrected chi connectivity index (χ4v) is 6.26. The van der Waals surface area contributed by atoms with Crippen LogP contribution in [0.5, 0.6) is 17.5 Å². The van der Waals surface area contributed by atoms with Gasteiger partial charge in [0.25, 0.3) is 17.7 Å². The molecular formula is C37H40FN7O7. The number of likely N-dealkylation sites (tertiary alicyclic amines) is 1. The zero-order chi connectivity index (χ0) is 36.9. The average molecular weight is 714 g/mol. The monoisotopic (exact) mass is 713 g/mol. The van der Waals surface area contributed by atoms with E-state index in [0.29, 0.717) is 24.9 Å². The molecule has 1 aromatic heterocycles. The molecule has 2 aliphatic heterocycles. The first-order valence-electron chi connectivity index (χ1n) is 16.8. The highest BCUT2D eigenvalue weighted by Gasteiger charge is 2.35. The van der Waals surface area contributed by atoms with Crippen LogP contribution in [-0.4, -0.2) is 113 Å². The number of halogens is 1. The molecule has 4 aromatic rings. The minimum atomic E-state index is -0.685. The number of amides is 4. The lowest BCUT2D eigenvalue weighted by Crippen LogP contribution is -2.58. The molecule has 3 aromatic carbocycles. The molecule has 4 bridgehead atoms. The molecule has 0 saturated carbocycles. The van der Waals surface area contributed by atoms with Gasteiger partial charge in [-0.15, -0.1) is 5.10 Å². The Morgan fingerprint density at radius 2 is 1.83 bits per heavy atom. The van der Waals surface area contributed by atoms with Gasteiger partial charge in [-0.05, 0) is 54.3 Å². The van der Waals surface area contributed by atoms with Gasteiger partial charge in [0.05, 0.1) is 32.4 Å². The lowest BCUT2D eigenvalue weighted by atomic mass is 10.0. The lowest BCUT2D eigenvalue weighted by molar-refractivity contribution is -0.124. The van der Waals surface area contributed by atoms with Crippen LogP contribution in [-0.2, 0) is 29.6 Å². The molecule has 1 saturated heterocycles. The molecule has 14 nitrogen and oxygen atoms in total. The van der Waals surface area contributed by atoms with Crippen molar-refractivity contribution in [3.63, 3.8) is 0 Å². The number of piperidine rings is 1. The molecule has 15 heteroatoms. The second-order valence-electron chi connectivity index (χ2n) is 12.9. The Labute approximate surface area is 300 Å². The van der Waals surface area contributed by atoms with Gasteiger partial charge in [0.1, 0.15) is 17.3 Å². The van der Waals surface area contributed by atoms with E-state index in [1.807, 2.05) is 30.3 Å². The van der Waals surface area contributed by atoms with Crippen molar-refractivity contribution in [1.29, 1.82) is 0 Å². The summed E-state index contributed by atoms with van der Waals surface area (Å²) in [5, 5.41) is 7.08. The van der Waals surface area contributed by atoms with Crippen molar-refractivity contribution in [3.05, 3.63) is 101 Å². The Morgan fingerprint density at radius 1 is 1.06 bits per heavy atom. The Bertz CT molecular complexity index is 1970. The highest BCUT2D eigenvalue weighted by Crippen LogP contribution is 2.28. The van der Waals surface area contributed by atoms with Crippen LogP contribution >= 0.6 is 0 Å². The lowest BCUT2D eigenvalue weighted by Gasteiger charge is -2.38. The fraction of sp³-hybridized carbons (Fsp3) is 0.351. The number of nitrogens with one attached hydrogen (secondary N) is 1. The van der Waals surface area contributed by atoms with Crippen molar-refractivity contribution in [2.75, 3.05) is 47.4 Å². The van der Waals surface area contributed by atoms with Gasteiger partial charge in [-0.3, -0.25) is 19.2 Å². The zero-order valence-corrected chi connectivity index (χ0v) is 29.4. The summed E-state index contributed by atoms with van der Waals surface area (Å²) in [5.41, 5.74) is 1.81. The van der Waals surface area contributed by atoms with Crippen LogP contribution in [0, 0.1) is 5.82 Å². The van der Waals surface area contributed by atoms with Crippen LogP contribution < -0.4 is 14.8 Å².